The third-order valence-electron chi connectivity index (χ3n) is 13.6. The van der Waals surface area contributed by atoms with Crippen LogP contribution in [0.1, 0.15) is 61.1 Å². The zero-order valence-corrected chi connectivity index (χ0v) is 35.1. The molecule has 61 heavy (non-hydrogen) atoms. The third-order valence-corrected chi connectivity index (χ3v) is 13.6. The van der Waals surface area contributed by atoms with E-state index in [4.69, 9.17) is 10.7 Å². The van der Waals surface area contributed by atoms with Gasteiger partial charge in [0.05, 0.1) is 11.2 Å². The Labute approximate surface area is 358 Å². The van der Waals surface area contributed by atoms with E-state index in [-0.39, 0.29) is 10.8 Å². The Bertz CT molecular complexity index is 3320. The van der Waals surface area contributed by atoms with E-state index < -0.39 is 0 Å². The average Bonchev–Trinajstić information content (AvgIpc) is 3.67. The van der Waals surface area contributed by atoms with Gasteiger partial charge in [0.2, 0.25) is 0 Å². The van der Waals surface area contributed by atoms with Gasteiger partial charge in [0, 0.05) is 32.9 Å². The van der Waals surface area contributed by atoms with E-state index >= 15 is 0 Å². The first-order chi connectivity index (χ1) is 29.6. The molecule has 0 saturated heterocycles. The van der Waals surface area contributed by atoms with Gasteiger partial charge in [0.25, 0.3) is 0 Å². The number of hydrogen-bond acceptors (Lipinski definition) is 2. The molecule has 1 aromatic heterocycles. The van der Waals surface area contributed by atoms with Gasteiger partial charge in [-0.3, -0.25) is 0 Å². The summed E-state index contributed by atoms with van der Waals surface area (Å²) in [7, 11) is 0. The van der Waals surface area contributed by atoms with Crippen LogP contribution < -0.4 is 5.73 Å². The van der Waals surface area contributed by atoms with E-state index in [1.807, 2.05) is 30.3 Å². The lowest BCUT2D eigenvalue weighted by atomic mass is 9.81. The largest absolute Gasteiger partial charge is 0.398 e. The van der Waals surface area contributed by atoms with Crippen molar-refractivity contribution in [3.8, 4) is 55.8 Å². The number of pyridine rings is 1. The van der Waals surface area contributed by atoms with Crippen LogP contribution in [0.15, 0.2) is 183 Å². The zero-order chi connectivity index (χ0) is 41.6. The molecule has 0 aliphatic heterocycles. The molecular formula is C59H46N2. The van der Waals surface area contributed by atoms with Gasteiger partial charge in [-0.15, -0.1) is 0 Å². The van der Waals surface area contributed by atoms with Gasteiger partial charge in [-0.25, -0.2) is 4.98 Å². The molecule has 11 rings (SSSR count). The third kappa shape index (κ3) is 5.66. The molecule has 0 radical (unpaired) electrons. The van der Waals surface area contributed by atoms with Crippen molar-refractivity contribution in [1.29, 1.82) is 0 Å². The summed E-state index contributed by atoms with van der Waals surface area (Å²) in [6, 6.07) is 62.1. The summed E-state index contributed by atoms with van der Waals surface area (Å²) < 4.78 is 0. The molecule has 0 spiro atoms. The van der Waals surface area contributed by atoms with Gasteiger partial charge in [0.1, 0.15) is 0 Å². The minimum Gasteiger partial charge on any atom is -0.398 e. The first-order valence-corrected chi connectivity index (χ1v) is 21.3. The Balaban J connectivity index is 1.12. The second-order valence-electron chi connectivity index (χ2n) is 17.8. The number of nitrogens with two attached hydrogens (primary N) is 1. The standard InChI is InChI=1S/C59H46N2/c1-6-36(31-40-15-7-14-22-55(40)60)37-23-25-38(26-24-37)48-34-50-49(39-27-29-45-43-17-10-12-20-51(43)58(2,3)53(45)32-39)35-56(61-57(50)47-19-9-8-16-42(47)48)41-28-30-46-44-18-11-13-21-52(44)59(4,5)54(46)33-41/h6-35H,1,60H2,2-5H3/b36-31+. The van der Waals surface area contributed by atoms with Crippen LogP contribution in [0.5, 0.6) is 0 Å². The van der Waals surface area contributed by atoms with Gasteiger partial charge in [-0.1, -0.05) is 180 Å². The summed E-state index contributed by atoms with van der Waals surface area (Å²) >= 11 is 0. The van der Waals surface area contributed by atoms with Crippen molar-refractivity contribution < 1.29 is 0 Å². The maximum absolute atomic E-state index is 6.32. The molecule has 2 aliphatic carbocycles. The van der Waals surface area contributed by atoms with Crippen LogP contribution in [-0.4, -0.2) is 4.98 Å². The van der Waals surface area contributed by atoms with Crippen molar-refractivity contribution in [2.24, 2.45) is 0 Å². The lowest BCUT2D eigenvalue weighted by Crippen LogP contribution is -2.15. The van der Waals surface area contributed by atoms with Crippen LogP contribution in [0.4, 0.5) is 5.69 Å². The topological polar surface area (TPSA) is 38.9 Å². The number of allylic oxidation sites excluding steroid dienone is 2. The fourth-order valence-corrected chi connectivity index (χ4v) is 10.3. The molecule has 0 fully saturated rings. The van der Waals surface area contributed by atoms with Crippen LogP contribution in [0.2, 0.25) is 0 Å². The second-order valence-corrected chi connectivity index (χ2v) is 17.8. The molecule has 292 valence electrons. The molecule has 0 saturated carbocycles. The first kappa shape index (κ1) is 36.8. The number of hydrogen-bond donors (Lipinski definition) is 1. The second kappa shape index (κ2) is 13.6. The normalized spacial score (nSPS) is 14.4. The smallest absolute Gasteiger partial charge is 0.0794 e. The molecule has 0 atom stereocenters. The van der Waals surface area contributed by atoms with E-state index in [9.17, 15) is 0 Å². The monoisotopic (exact) mass is 782 g/mol. The molecule has 0 unspecified atom stereocenters. The fraction of sp³-hybridized carbons (Fsp3) is 0.102. The van der Waals surface area contributed by atoms with Crippen molar-refractivity contribution in [1.82, 2.24) is 4.98 Å². The van der Waals surface area contributed by atoms with Crippen LogP contribution in [0, 0.1) is 0 Å². The number of nitrogen functional groups attached to an aromatic ring is 1. The fourth-order valence-electron chi connectivity index (χ4n) is 10.3. The Hall–Kier alpha value is -7.29. The maximum Gasteiger partial charge on any atom is 0.0794 e. The van der Waals surface area contributed by atoms with Gasteiger partial charge >= 0.3 is 0 Å². The number of anilines is 1. The van der Waals surface area contributed by atoms with Crippen molar-refractivity contribution >= 4 is 39.0 Å². The lowest BCUT2D eigenvalue weighted by molar-refractivity contribution is 0.660. The van der Waals surface area contributed by atoms with Gasteiger partial charge < -0.3 is 5.73 Å². The number of fused-ring (bicyclic) bond motifs is 9. The van der Waals surface area contributed by atoms with Crippen LogP contribution in [0.25, 0.3) is 89.1 Å². The summed E-state index contributed by atoms with van der Waals surface area (Å²) in [4.78, 5) is 5.62. The molecule has 2 N–H and O–H groups in total. The van der Waals surface area contributed by atoms with Gasteiger partial charge in [-0.2, -0.15) is 0 Å². The van der Waals surface area contributed by atoms with Crippen LogP contribution >= 0.6 is 0 Å². The predicted octanol–water partition coefficient (Wildman–Crippen LogP) is 15.3. The molecule has 9 aromatic rings. The van der Waals surface area contributed by atoms with Crippen LogP contribution in [-0.2, 0) is 10.8 Å². The Morgan fingerprint density at radius 3 is 1.66 bits per heavy atom. The highest BCUT2D eigenvalue weighted by Gasteiger charge is 2.37. The summed E-state index contributed by atoms with van der Waals surface area (Å²) in [5.74, 6) is 0. The number of nitrogens with zero attached hydrogens (tertiary/aromatic N) is 1. The summed E-state index contributed by atoms with van der Waals surface area (Å²) in [5, 5.41) is 3.44. The Morgan fingerprint density at radius 2 is 1.00 bits per heavy atom. The van der Waals surface area contributed by atoms with E-state index in [1.54, 1.807) is 0 Å². The predicted molar refractivity (Wildman–Crippen MR) is 260 cm³/mol. The highest BCUT2D eigenvalue weighted by molar-refractivity contribution is 6.16. The van der Waals surface area contributed by atoms with E-state index in [0.717, 1.165) is 55.5 Å². The summed E-state index contributed by atoms with van der Waals surface area (Å²) in [6.07, 6.45) is 4.01. The first-order valence-electron chi connectivity index (χ1n) is 21.3. The molecular weight excluding hydrogens is 737 g/mol. The SMILES string of the molecule is C=C/C(=C\c1ccccc1N)c1ccc(-c2cc3c(-c4ccc5c(c4)C(C)(C)c4ccccc4-5)cc(-c4ccc5c(c4)C(C)(C)c4ccccc4-5)nc3c3ccccc23)cc1. The summed E-state index contributed by atoms with van der Waals surface area (Å²) in [6.45, 7) is 13.6. The minimum atomic E-state index is -0.126. The molecule has 0 amide bonds. The molecule has 2 heteroatoms. The molecule has 8 aromatic carbocycles. The quantitative estimate of drug-likeness (QED) is 0.0790. The van der Waals surface area contributed by atoms with Crippen molar-refractivity contribution in [2.45, 2.75) is 38.5 Å². The minimum absolute atomic E-state index is 0.115. The van der Waals surface area contributed by atoms with Gasteiger partial charge in [-0.05, 0) is 125 Å². The molecule has 1 heterocycles. The Kier molecular flexibility index (Phi) is 8.21. The zero-order valence-electron chi connectivity index (χ0n) is 35.1. The van der Waals surface area contributed by atoms with E-state index in [2.05, 4.69) is 186 Å². The van der Waals surface area contributed by atoms with Crippen LogP contribution in [0.3, 0.4) is 0 Å². The van der Waals surface area contributed by atoms with E-state index in [1.165, 1.54) is 66.6 Å². The highest BCUT2D eigenvalue weighted by atomic mass is 14.7. The maximum atomic E-state index is 6.32. The Morgan fingerprint density at radius 1 is 0.475 bits per heavy atom. The van der Waals surface area contributed by atoms with E-state index in [0.29, 0.717) is 0 Å². The molecule has 0 bridgehead atoms. The number of para-hydroxylation sites is 1. The lowest BCUT2D eigenvalue weighted by Gasteiger charge is -2.23. The van der Waals surface area contributed by atoms with Crippen molar-refractivity contribution in [3.63, 3.8) is 0 Å². The van der Waals surface area contributed by atoms with Crippen molar-refractivity contribution in [3.05, 3.63) is 216 Å². The summed E-state index contributed by atoms with van der Waals surface area (Å²) in [5.41, 5.74) is 28.5. The molecule has 2 aliphatic rings. The number of benzene rings is 8. The number of rotatable bonds is 6. The molecule has 2 nitrogen and oxygen atoms in total. The average molecular weight is 783 g/mol. The van der Waals surface area contributed by atoms with Crippen molar-refractivity contribution in [2.75, 3.05) is 5.73 Å². The van der Waals surface area contributed by atoms with Gasteiger partial charge in [0.15, 0.2) is 0 Å². The highest BCUT2D eigenvalue weighted by Crippen LogP contribution is 2.52. The number of aromatic nitrogens is 1.